The maximum absolute atomic E-state index is 12.5. The van der Waals surface area contributed by atoms with Crippen LogP contribution in [0.2, 0.25) is 0 Å². The Morgan fingerprint density at radius 2 is 1.93 bits per heavy atom. The van der Waals surface area contributed by atoms with Crippen molar-refractivity contribution in [1.29, 1.82) is 0 Å². The first-order chi connectivity index (χ1) is 14.1. The van der Waals surface area contributed by atoms with Crippen LogP contribution < -0.4 is 10.6 Å². The summed E-state index contributed by atoms with van der Waals surface area (Å²) in [4.78, 5) is 22.5. The predicted molar refractivity (Wildman–Crippen MR) is 117 cm³/mol. The van der Waals surface area contributed by atoms with E-state index in [0.717, 1.165) is 22.8 Å². The van der Waals surface area contributed by atoms with E-state index in [4.69, 9.17) is 12.2 Å². The van der Waals surface area contributed by atoms with Crippen LogP contribution in [-0.2, 0) is 4.79 Å². The molecule has 2 atom stereocenters. The fraction of sp³-hybridized carbons (Fsp3) is 0.227. The van der Waals surface area contributed by atoms with E-state index >= 15 is 0 Å². The van der Waals surface area contributed by atoms with Gasteiger partial charge in [-0.05, 0) is 55.5 Å². The number of aryl methyl sites for hydroxylation is 1. The van der Waals surface area contributed by atoms with Gasteiger partial charge in [0.05, 0.1) is 17.8 Å². The smallest absolute Gasteiger partial charge is 0.226 e. The normalized spacial score (nSPS) is 18.5. The lowest BCUT2D eigenvalue weighted by molar-refractivity contribution is -0.116. The van der Waals surface area contributed by atoms with E-state index in [-0.39, 0.29) is 18.0 Å². The minimum absolute atomic E-state index is 0.0401. The van der Waals surface area contributed by atoms with E-state index in [1.807, 2.05) is 61.5 Å². The Morgan fingerprint density at radius 1 is 1.14 bits per heavy atom. The number of amides is 1. The summed E-state index contributed by atoms with van der Waals surface area (Å²) in [6, 6.07) is 19.3. The number of aromatic amines is 1. The summed E-state index contributed by atoms with van der Waals surface area (Å²) in [6.45, 7) is 2.54. The van der Waals surface area contributed by atoms with Crippen LogP contribution in [0.3, 0.4) is 0 Å². The number of para-hydroxylation sites is 1. The molecule has 1 saturated heterocycles. The molecule has 2 aromatic heterocycles. The topological polar surface area (TPSA) is 73.1 Å². The molecule has 3 heterocycles. The van der Waals surface area contributed by atoms with Gasteiger partial charge in [-0.1, -0.05) is 24.3 Å². The Bertz CT molecular complexity index is 989. The van der Waals surface area contributed by atoms with Crippen LogP contribution >= 0.6 is 12.2 Å². The Balaban J connectivity index is 1.52. The van der Waals surface area contributed by atoms with Crippen molar-refractivity contribution in [1.82, 2.24) is 20.2 Å². The highest BCUT2D eigenvalue weighted by molar-refractivity contribution is 7.80. The standard InChI is InChI=1S/C22H23N5OS/c1-15-10-11-18(24-15)21-20(17-9-5-6-13-23-17)26-22(29)27(21)14-12-19(28)25-16-7-3-2-4-8-16/h2-11,13,20-21,24H,12,14H2,1H3,(H,25,28)(H,26,29)/t20-,21-/m0/s1. The fourth-order valence-electron chi connectivity index (χ4n) is 3.65. The second-order valence-electron chi connectivity index (χ2n) is 7.08. The molecular weight excluding hydrogens is 382 g/mol. The monoisotopic (exact) mass is 405 g/mol. The summed E-state index contributed by atoms with van der Waals surface area (Å²) in [5.74, 6) is -0.0401. The number of carbonyl (C=O) groups is 1. The molecule has 7 heteroatoms. The fourth-order valence-corrected chi connectivity index (χ4v) is 3.98. The van der Waals surface area contributed by atoms with Crippen molar-refractivity contribution in [3.8, 4) is 0 Å². The SMILES string of the molecule is Cc1ccc([C@H]2[C@H](c3ccccn3)NC(=S)N2CCC(=O)Nc2ccccc2)[nH]1. The molecule has 1 amide bonds. The molecular formula is C22H23N5OS. The Labute approximate surface area is 175 Å². The number of hydrogen-bond acceptors (Lipinski definition) is 3. The van der Waals surface area contributed by atoms with Crippen molar-refractivity contribution >= 4 is 28.9 Å². The molecule has 4 rings (SSSR count). The Hall–Kier alpha value is -3.19. The number of nitrogens with one attached hydrogen (secondary N) is 3. The van der Waals surface area contributed by atoms with Gasteiger partial charge in [0.25, 0.3) is 0 Å². The first-order valence-electron chi connectivity index (χ1n) is 9.60. The zero-order valence-electron chi connectivity index (χ0n) is 16.1. The second-order valence-corrected chi connectivity index (χ2v) is 7.47. The number of hydrogen-bond donors (Lipinski definition) is 3. The van der Waals surface area contributed by atoms with Crippen molar-refractivity contribution in [3.63, 3.8) is 0 Å². The third-order valence-corrected chi connectivity index (χ3v) is 5.36. The number of H-pyrrole nitrogens is 1. The molecule has 3 N–H and O–H groups in total. The van der Waals surface area contributed by atoms with Gasteiger partial charge in [0.1, 0.15) is 0 Å². The van der Waals surface area contributed by atoms with Crippen molar-refractivity contribution in [2.75, 3.05) is 11.9 Å². The largest absolute Gasteiger partial charge is 0.361 e. The number of anilines is 1. The predicted octanol–water partition coefficient (Wildman–Crippen LogP) is 3.72. The maximum atomic E-state index is 12.5. The molecule has 1 aliphatic rings. The average molecular weight is 406 g/mol. The van der Waals surface area contributed by atoms with Crippen molar-refractivity contribution in [3.05, 3.63) is 83.9 Å². The molecule has 1 fully saturated rings. The van der Waals surface area contributed by atoms with Crippen LogP contribution in [0, 0.1) is 6.92 Å². The highest BCUT2D eigenvalue weighted by Crippen LogP contribution is 2.38. The Kier molecular flexibility index (Phi) is 5.57. The van der Waals surface area contributed by atoms with Crippen LogP contribution in [0.15, 0.2) is 66.9 Å². The molecule has 3 aromatic rings. The number of aromatic nitrogens is 2. The van der Waals surface area contributed by atoms with Gasteiger partial charge < -0.3 is 20.5 Å². The van der Waals surface area contributed by atoms with Gasteiger partial charge in [0.2, 0.25) is 5.91 Å². The van der Waals surface area contributed by atoms with Gasteiger partial charge in [-0.25, -0.2) is 0 Å². The van der Waals surface area contributed by atoms with E-state index < -0.39 is 0 Å². The van der Waals surface area contributed by atoms with Crippen LogP contribution in [0.1, 0.15) is 35.6 Å². The minimum atomic E-state index is -0.0843. The number of thiocarbonyl (C=S) groups is 1. The van der Waals surface area contributed by atoms with Crippen molar-refractivity contribution in [2.24, 2.45) is 0 Å². The van der Waals surface area contributed by atoms with Gasteiger partial charge >= 0.3 is 0 Å². The van der Waals surface area contributed by atoms with Gasteiger partial charge in [-0.3, -0.25) is 9.78 Å². The molecule has 148 valence electrons. The molecule has 0 saturated carbocycles. The van der Waals surface area contributed by atoms with Crippen LogP contribution in [-0.4, -0.2) is 32.4 Å². The van der Waals surface area contributed by atoms with Crippen LogP contribution in [0.5, 0.6) is 0 Å². The summed E-state index contributed by atoms with van der Waals surface area (Å²) in [5.41, 5.74) is 3.85. The van der Waals surface area contributed by atoms with Gasteiger partial charge in [-0.15, -0.1) is 0 Å². The summed E-state index contributed by atoms with van der Waals surface area (Å²) < 4.78 is 0. The van der Waals surface area contributed by atoms with Gasteiger partial charge in [-0.2, -0.15) is 0 Å². The van der Waals surface area contributed by atoms with Gasteiger partial charge in [0.15, 0.2) is 5.11 Å². The molecule has 29 heavy (non-hydrogen) atoms. The Morgan fingerprint density at radius 3 is 2.62 bits per heavy atom. The first kappa shape index (κ1) is 19.1. The summed E-state index contributed by atoms with van der Waals surface area (Å²) in [7, 11) is 0. The minimum Gasteiger partial charge on any atom is -0.361 e. The number of nitrogens with zero attached hydrogens (tertiary/aromatic N) is 2. The average Bonchev–Trinajstić information content (AvgIpc) is 3.30. The van der Waals surface area contributed by atoms with E-state index in [9.17, 15) is 4.79 Å². The zero-order chi connectivity index (χ0) is 20.2. The molecule has 0 spiro atoms. The molecule has 0 radical (unpaired) electrons. The second kappa shape index (κ2) is 8.45. The van der Waals surface area contributed by atoms with Crippen molar-refractivity contribution < 1.29 is 4.79 Å². The number of rotatable bonds is 6. The third kappa shape index (κ3) is 4.30. The first-order valence-corrected chi connectivity index (χ1v) is 10.0. The molecule has 6 nitrogen and oxygen atoms in total. The van der Waals surface area contributed by atoms with E-state index in [0.29, 0.717) is 18.1 Å². The summed E-state index contributed by atoms with van der Waals surface area (Å²) in [6.07, 6.45) is 2.12. The lowest BCUT2D eigenvalue weighted by Crippen LogP contribution is -2.32. The quantitative estimate of drug-likeness (QED) is 0.545. The van der Waals surface area contributed by atoms with Crippen molar-refractivity contribution in [2.45, 2.75) is 25.4 Å². The third-order valence-electron chi connectivity index (χ3n) is 5.01. The lowest BCUT2D eigenvalue weighted by atomic mass is 10.0. The molecule has 1 aliphatic heterocycles. The molecule has 0 aliphatic carbocycles. The van der Waals surface area contributed by atoms with Crippen LogP contribution in [0.25, 0.3) is 0 Å². The lowest BCUT2D eigenvalue weighted by Gasteiger charge is -2.26. The summed E-state index contributed by atoms with van der Waals surface area (Å²) in [5, 5.41) is 6.96. The van der Waals surface area contributed by atoms with Gasteiger partial charge in [0, 0.05) is 36.2 Å². The van der Waals surface area contributed by atoms with E-state index in [1.54, 1.807) is 6.20 Å². The van der Waals surface area contributed by atoms with E-state index in [2.05, 4.69) is 31.6 Å². The summed E-state index contributed by atoms with van der Waals surface area (Å²) >= 11 is 5.62. The molecule has 0 unspecified atom stereocenters. The number of pyridine rings is 1. The highest BCUT2D eigenvalue weighted by atomic mass is 32.1. The highest BCUT2D eigenvalue weighted by Gasteiger charge is 2.40. The molecule has 0 bridgehead atoms. The maximum Gasteiger partial charge on any atom is 0.226 e. The number of carbonyl (C=O) groups excluding carboxylic acids is 1. The van der Waals surface area contributed by atoms with Crippen LogP contribution in [0.4, 0.5) is 5.69 Å². The van der Waals surface area contributed by atoms with E-state index in [1.165, 1.54) is 0 Å². The number of benzene rings is 1. The zero-order valence-corrected chi connectivity index (χ0v) is 16.9. The molecule has 1 aromatic carbocycles.